The normalized spacial score (nSPS) is 10.4. The van der Waals surface area contributed by atoms with Gasteiger partial charge in [-0.2, -0.15) is 0 Å². The maximum absolute atomic E-state index is 12.8. The summed E-state index contributed by atoms with van der Waals surface area (Å²) in [7, 11) is 0. The minimum Gasteiger partial charge on any atom is -0.321 e. The Morgan fingerprint density at radius 3 is 2.31 bits per heavy atom. The third kappa shape index (κ3) is 3.84. The van der Waals surface area contributed by atoms with E-state index in [0.29, 0.717) is 27.4 Å². The van der Waals surface area contributed by atoms with E-state index in [-0.39, 0.29) is 11.7 Å². The number of benzene rings is 3. The lowest BCUT2D eigenvalue weighted by molar-refractivity contribution is 0.102. The molecule has 3 rings (SSSR count). The Morgan fingerprint density at radius 1 is 0.846 bits per heavy atom. The fourth-order valence-corrected chi connectivity index (χ4v) is 2.90. The zero-order chi connectivity index (χ0) is 18.7. The highest BCUT2D eigenvalue weighted by Gasteiger charge is 2.17. The zero-order valence-corrected chi connectivity index (χ0v) is 15.3. The Hall–Kier alpha value is -2.91. The number of hydrogen-bond acceptors (Lipinski definition) is 2. The highest BCUT2D eigenvalue weighted by Crippen LogP contribution is 2.25. The van der Waals surface area contributed by atoms with E-state index in [1.165, 1.54) is 0 Å². The topological polar surface area (TPSA) is 46.2 Å². The molecule has 0 bridgehead atoms. The van der Waals surface area contributed by atoms with Crippen molar-refractivity contribution in [1.82, 2.24) is 0 Å². The summed E-state index contributed by atoms with van der Waals surface area (Å²) >= 11 is 6.08. The number of rotatable bonds is 4. The van der Waals surface area contributed by atoms with E-state index < -0.39 is 0 Å². The molecule has 0 fully saturated rings. The Kier molecular flexibility index (Phi) is 5.19. The predicted molar refractivity (Wildman–Crippen MR) is 105 cm³/mol. The minimum atomic E-state index is -0.254. The number of amides is 1. The van der Waals surface area contributed by atoms with E-state index >= 15 is 0 Å². The third-order valence-electron chi connectivity index (χ3n) is 4.15. The van der Waals surface area contributed by atoms with Crippen LogP contribution in [0.4, 0.5) is 5.69 Å². The number of carbonyl (C=O) groups is 2. The second kappa shape index (κ2) is 7.54. The number of nitrogens with one attached hydrogen (secondary N) is 1. The largest absolute Gasteiger partial charge is 0.321 e. The van der Waals surface area contributed by atoms with Gasteiger partial charge in [0.25, 0.3) is 5.91 Å². The van der Waals surface area contributed by atoms with Crippen molar-refractivity contribution in [2.24, 2.45) is 0 Å². The molecule has 0 spiro atoms. The Morgan fingerprint density at radius 2 is 1.58 bits per heavy atom. The SMILES string of the molecule is Cc1ccc(C)c(C(=O)Nc2ccc(Cl)cc2C(=O)c2ccccc2)c1. The van der Waals surface area contributed by atoms with Crippen LogP contribution in [0.1, 0.15) is 37.4 Å². The van der Waals surface area contributed by atoms with Crippen LogP contribution in [0.5, 0.6) is 0 Å². The quantitative estimate of drug-likeness (QED) is 0.627. The van der Waals surface area contributed by atoms with Gasteiger partial charge < -0.3 is 5.32 Å². The highest BCUT2D eigenvalue weighted by molar-refractivity contribution is 6.31. The van der Waals surface area contributed by atoms with Gasteiger partial charge in [0.15, 0.2) is 5.78 Å². The molecule has 1 N–H and O–H groups in total. The van der Waals surface area contributed by atoms with Gasteiger partial charge in [-0.05, 0) is 43.7 Å². The number of halogens is 1. The maximum atomic E-state index is 12.8. The van der Waals surface area contributed by atoms with Gasteiger partial charge in [0.1, 0.15) is 0 Å². The van der Waals surface area contributed by atoms with Gasteiger partial charge >= 0.3 is 0 Å². The van der Waals surface area contributed by atoms with Crippen LogP contribution in [0.2, 0.25) is 5.02 Å². The van der Waals surface area contributed by atoms with Crippen LogP contribution in [-0.4, -0.2) is 11.7 Å². The monoisotopic (exact) mass is 363 g/mol. The molecule has 0 aliphatic carbocycles. The summed E-state index contributed by atoms with van der Waals surface area (Å²) in [6, 6.07) is 19.5. The van der Waals surface area contributed by atoms with Crippen LogP contribution in [0, 0.1) is 13.8 Å². The first kappa shape index (κ1) is 17.9. The van der Waals surface area contributed by atoms with Crippen molar-refractivity contribution < 1.29 is 9.59 Å². The molecule has 3 aromatic rings. The molecule has 130 valence electrons. The summed E-state index contributed by atoms with van der Waals surface area (Å²) in [5.41, 5.74) is 3.79. The molecule has 0 aliphatic heterocycles. The average Bonchev–Trinajstić information content (AvgIpc) is 2.65. The number of carbonyl (C=O) groups excluding carboxylic acids is 2. The maximum Gasteiger partial charge on any atom is 0.255 e. The first-order valence-corrected chi connectivity index (χ1v) is 8.61. The number of ketones is 1. The Bertz CT molecular complexity index is 981. The van der Waals surface area contributed by atoms with Gasteiger partial charge in [0, 0.05) is 21.7 Å². The van der Waals surface area contributed by atoms with Crippen molar-refractivity contribution in [3.05, 3.63) is 99.6 Å². The van der Waals surface area contributed by atoms with Crippen molar-refractivity contribution in [2.75, 3.05) is 5.32 Å². The summed E-state index contributed by atoms with van der Waals surface area (Å²) < 4.78 is 0. The highest BCUT2D eigenvalue weighted by atomic mass is 35.5. The molecule has 0 aliphatic rings. The fourth-order valence-electron chi connectivity index (χ4n) is 2.73. The second-order valence-corrected chi connectivity index (χ2v) is 6.59. The van der Waals surface area contributed by atoms with Crippen LogP contribution in [-0.2, 0) is 0 Å². The van der Waals surface area contributed by atoms with Crippen LogP contribution >= 0.6 is 11.6 Å². The van der Waals surface area contributed by atoms with Crippen molar-refractivity contribution in [1.29, 1.82) is 0 Å². The first-order valence-electron chi connectivity index (χ1n) is 8.23. The van der Waals surface area contributed by atoms with Crippen LogP contribution in [0.3, 0.4) is 0 Å². The molecule has 0 saturated carbocycles. The predicted octanol–water partition coefficient (Wildman–Crippen LogP) is 5.44. The smallest absolute Gasteiger partial charge is 0.255 e. The van der Waals surface area contributed by atoms with E-state index in [1.807, 2.05) is 38.1 Å². The van der Waals surface area contributed by atoms with E-state index in [0.717, 1.165) is 11.1 Å². The van der Waals surface area contributed by atoms with Crippen molar-refractivity contribution in [2.45, 2.75) is 13.8 Å². The molecule has 4 heteroatoms. The molecular weight excluding hydrogens is 346 g/mol. The van der Waals surface area contributed by atoms with Crippen LogP contribution < -0.4 is 5.32 Å². The van der Waals surface area contributed by atoms with Gasteiger partial charge in [0.2, 0.25) is 0 Å². The number of hydrogen-bond donors (Lipinski definition) is 1. The standard InChI is InChI=1S/C22H18ClNO2/c1-14-8-9-15(2)18(12-14)22(26)24-20-11-10-17(23)13-19(20)21(25)16-6-4-3-5-7-16/h3-13H,1-2H3,(H,24,26). The summed E-state index contributed by atoms with van der Waals surface area (Å²) in [5, 5.41) is 3.29. The number of aryl methyl sites for hydroxylation is 2. The molecule has 0 atom stereocenters. The lowest BCUT2D eigenvalue weighted by atomic mass is 10.0. The van der Waals surface area contributed by atoms with Crippen LogP contribution in [0.15, 0.2) is 66.7 Å². The van der Waals surface area contributed by atoms with Crippen molar-refractivity contribution in [3.63, 3.8) is 0 Å². The summed E-state index contributed by atoms with van der Waals surface area (Å²) in [6.07, 6.45) is 0. The van der Waals surface area contributed by atoms with E-state index in [2.05, 4.69) is 5.32 Å². The number of anilines is 1. The van der Waals surface area contributed by atoms with Gasteiger partial charge in [0.05, 0.1) is 5.69 Å². The summed E-state index contributed by atoms with van der Waals surface area (Å²) in [5.74, 6) is -0.444. The molecule has 26 heavy (non-hydrogen) atoms. The molecular formula is C22H18ClNO2. The molecule has 0 heterocycles. The van der Waals surface area contributed by atoms with E-state index in [9.17, 15) is 9.59 Å². The lowest BCUT2D eigenvalue weighted by Gasteiger charge is -2.13. The Labute approximate surface area is 157 Å². The Balaban J connectivity index is 1.97. The first-order chi connectivity index (χ1) is 12.5. The van der Waals surface area contributed by atoms with E-state index in [1.54, 1.807) is 42.5 Å². The van der Waals surface area contributed by atoms with E-state index in [4.69, 9.17) is 11.6 Å². The van der Waals surface area contributed by atoms with Gasteiger partial charge in [-0.15, -0.1) is 0 Å². The van der Waals surface area contributed by atoms with Gasteiger partial charge in [-0.25, -0.2) is 0 Å². The van der Waals surface area contributed by atoms with Gasteiger partial charge in [-0.3, -0.25) is 9.59 Å². The molecule has 0 radical (unpaired) electrons. The molecule has 0 aromatic heterocycles. The fraction of sp³-hybridized carbons (Fsp3) is 0.0909. The van der Waals surface area contributed by atoms with Gasteiger partial charge in [-0.1, -0.05) is 59.6 Å². The zero-order valence-electron chi connectivity index (χ0n) is 14.5. The summed E-state index contributed by atoms with van der Waals surface area (Å²) in [4.78, 5) is 25.6. The van der Waals surface area contributed by atoms with Crippen LogP contribution in [0.25, 0.3) is 0 Å². The summed E-state index contributed by atoms with van der Waals surface area (Å²) in [6.45, 7) is 3.81. The second-order valence-electron chi connectivity index (χ2n) is 6.16. The molecule has 3 aromatic carbocycles. The third-order valence-corrected chi connectivity index (χ3v) is 4.38. The average molecular weight is 364 g/mol. The minimum absolute atomic E-state index is 0.190. The molecule has 1 amide bonds. The van der Waals surface area contributed by atoms with Crippen molar-refractivity contribution >= 4 is 29.0 Å². The molecule has 0 unspecified atom stereocenters. The molecule has 3 nitrogen and oxygen atoms in total. The van der Waals surface area contributed by atoms with Crippen molar-refractivity contribution in [3.8, 4) is 0 Å². The molecule has 0 saturated heterocycles. The lowest BCUT2D eigenvalue weighted by Crippen LogP contribution is -2.16.